The Labute approximate surface area is 148 Å². The van der Waals surface area contributed by atoms with Crippen LogP contribution in [0.2, 0.25) is 0 Å². The Kier molecular flexibility index (Phi) is 7.13. The Balaban J connectivity index is 1.62. The number of methoxy groups -OCH3 is 1. The number of carbonyl (C=O) groups excluding carboxylic acids is 3. The van der Waals surface area contributed by atoms with Crippen LogP contribution in [0.4, 0.5) is 5.69 Å². The van der Waals surface area contributed by atoms with Crippen LogP contribution in [-0.4, -0.2) is 36.3 Å². The molecule has 0 aliphatic carbocycles. The van der Waals surface area contributed by atoms with Gasteiger partial charge in [-0.05, 0) is 30.5 Å². The third-order valence-electron chi connectivity index (χ3n) is 4.30. The number of unbranched alkanes of at least 4 members (excludes halogenated alkanes) is 2. The first-order valence-corrected chi connectivity index (χ1v) is 8.73. The van der Waals surface area contributed by atoms with Crippen LogP contribution in [0.5, 0.6) is 0 Å². The van der Waals surface area contributed by atoms with Crippen molar-refractivity contribution >= 4 is 23.4 Å². The molecule has 0 aromatic heterocycles. The van der Waals surface area contributed by atoms with Crippen LogP contribution in [0.15, 0.2) is 24.3 Å². The van der Waals surface area contributed by atoms with Gasteiger partial charge < -0.3 is 10.1 Å². The number of rotatable bonds is 9. The van der Waals surface area contributed by atoms with Gasteiger partial charge in [0.1, 0.15) is 0 Å². The van der Waals surface area contributed by atoms with E-state index in [-0.39, 0.29) is 23.6 Å². The van der Waals surface area contributed by atoms with Crippen molar-refractivity contribution in [3.05, 3.63) is 29.8 Å². The monoisotopic (exact) mass is 346 g/mol. The van der Waals surface area contributed by atoms with Gasteiger partial charge in [0.15, 0.2) is 0 Å². The van der Waals surface area contributed by atoms with Crippen molar-refractivity contribution in [2.75, 3.05) is 19.0 Å². The fourth-order valence-corrected chi connectivity index (χ4v) is 2.89. The lowest BCUT2D eigenvalue weighted by atomic mass is 10.1. The molecule has 1 aliphatic rings. The second-order valence-electron chi connectivity index (χ2n) is 6.48. The molecule has 1 heterocycles. The molecule has 25 heavy (non-hydrogen) atoms. The van der Waals surface area contributed by atoms with Crippen LogP contribution in [0.3, 0.4) is 0 Å². The second kappa shape index (κ2) is 9.32. The van der Waals surface area contributed by atoms with Crippen molar-refractivity contribution in [3.8, 4) is 0 Å². The first kappa shape index (κ1) is 19.1. The van der Waals surface area contributed by atoms with Gasteiger partial charge in [-0.25, -0.2) is 0 Å². The number of ether oxygens (including phenoxy) is 1. The SMILES string of the molecule is COCc1ccc(NC(=O)CCCCCN2C(=O)CC(C)C2=O)cc1. The molecule has 0 radical (unpaired) electrons. The summed E-state index contributed by atoms with van der Waals surface area (Å²) < 4.78 is 5.05. The van der Waals surface area contributed by atoms with Gasteiger partial charge in [-0.2, -0.15) is 0 Å². The Morgan fingerprint density at radius 3 is 2.52 bits per heavy atom. The minimum atomic E-state index is -0.187. The van der Waals surface area contributed by atoms with Gasteiger partial charge in [-0.3, -0.25) is 19.3 Å². The van der Waals surface area contributed by atoms with Gasteiger partial charge in [-0.1, -0.05) is 25.5 Å². The lowest BCUT2D eigenvalue weighted by Gasteiger charge is -2.13. The molecule has 1 aromatic rings. The number of nitrogens with one attached hydrogen (secondary N) is 1. The number of likely N-dealkylation sites (tertiary alicyclic amines) is 1. The van der Waals surface area contributed by atoms with E-state index in [0.717, 1.165) is 30.5 Å². The normalized spacial score (nSPS) is 17.2. The van der Waals surface area contributed by atoms with Crippen LogP contribution in [0, 0.1) is 5.92 Å². The molecule has 1 N–H and O–H groups in total. The maximum absolute atomic E-state index is 11.9. The molecule has 1 fully saturated rings. The zero-order valence-corrected chi connectivity index (χ0v) is 14.9. The average Bonchev–Trinajstić information content (AvgIpc) is 2.82. The number of hydrogen-bond acceptors (Lipinski definition) is 4. The molecule has 0 saturated carbocycles. The van der Waals surface area contributed by atoms with Gasteiger partial charge in [-0.15, -0.1) is 0 Å². The van der Waals surface area contributed by atoms with E-state index in [0.29, 0.717) is 26.0 Å². The number of imide groups is 1. The minimum Gasteiger partial charge on any atom is -0.380 e. The molecule has 1 unspecified atom stereocenters. The molecular weight excluding hydrogens is 320 g/mol. The first-order chi connectivity index (χ1) is 12.0. The lowest BCUT2D eigenvalue weighted by molar-refractivity contribution is -0.139. The van der Waals surface area contributed by atoms with E-state index in [2.05, 4.69) is 5.32 Å². The van der Waals surface area contributed by atoms with Gasteiger partial charge >= 0.3 is 0 Å². The highest BCUT2D eigenvalue weighted by Gasteiger charge is 2.34. The van der Waals surface area contributed by atoms with Crippen molar-refractivity contribution in [1.29, 1.82) is 0 Å². The van der Waals surface area contributed by atoms with Crippen molar-refractivity contribution in [2.24, 2.45) is 5.92 Å². The first-order valence-electron chi connectivity index (χ1n) is 8.73. The summed E-state index contributed by atoms with van der Waals surface area (Å²) >= 11 is 0. The summed E-state index contributed by atoms with van der Waals surface area (Å²) in [5.41, 5.74) is 1.83. The Hall–Kier alpha value is -2.21. The number of anilines is 1. The van der Waals surface area contributed by atoms with Crippen LogP contribution < -0.4 is 5.32 Å². The Bertz CT molecular complexity index is 612. The van der Waals surface area contributed by atoms with E-state index in [1.165, 1.54) is 4.90 Å². The van der Waals surface area contributed by atoms with Crippen molar-refractivity contribution in [1.82, 2.24) is 4.90 Å². The predicted molar refractivity (Wildman–Crippen MR) is 94.8 cm³/mol. The topological polar surface area (TPSA) is 75.7 Å². The van der Waals surface area contributed by atoms with Crippen molar-refractivity contribution in [3.63, 3.8) is 0 Å². The fraction of sp³-hybridized carbons (Fsp3) is 0.526. The third-order valence-corrected chi connectivity index (χ3v) is 4.30. The largest absolute Gasteiger partial charge is 0.380 e. The molecule has 1 aliphatic heterocycles. The minimum absolute atomic E-state index is 0.0264. The van der Waals surface area contributed by atoms with Gasteiger partial charge in [0, 0.05) is 38.1 Å². The van der Waals surface area contributed by atoms with Crippen LogP contribution in [0.1, 0.15) is 44.6 Å². The molecule has 0 bridgehead atoms. The second-order valence-corrected chi connectivity index (χ2v) is 6.48. The summed E-state index contributed by atoms with van der Waals surface area (Å²) in [4.78, 5) is 36.7. The summed E-state index contributed by atoms with van der Waals surface area (Å²) in [6.45, 7) is 2.80. The number of nitrogens with zero attached hydrogens (tertiary/aromatic N) is 1. The molecule has 136 valence electrons. The quantitative estimate of drug-likeness (QED) is 0.551. The van der Waals surface area contributed by atoms with Gasteiger partial charge in [0.2, 0.25) is 17.7 Å². The molecule has 1 atom stereocenters. The molecular formula is C19H26N2O4. The molecule has 2 rings (SSSR count). The maximum Gasteiger partial charge on any atom is 0.232 e. The standard InChI is InChI=1S/C19H26N2O4/c1-14-12-18(23)21(19(14)24)11-5-3-4-6-17(22)20-16-9-7-15(8-10-16)13-25-2/h7-10,14H,3-6,11-13H2,1-2H3,(H,20,22). The number of benzene rings is 1. The summed E-state index contributed by atoms with van der Waals surface area (Å²) in [6.07, 6.45) is 3.04. The fourth-order valence-electron chi connectivity index (χ4n) is 2.89. The molecule has 0 spiro atoms. The highest BCUT2D eigenvalue weighted by molar-refractivity contribution is 6.03. The van der Waals surface area contributed by atoms with Crippen molar-refractivity contribution in [2.45, 2.75) is 45.6 Å². The molecule has 1 aromatic carbocycles. The van der Waals surface area contributed by atoms with Crippen LogP contribution in [-0.2, 0) is 25.7 Å². The Morgan fingerprint density at radius 2 is 1.92 bits per heavy atom. The molecule has 6 nitrogen and oxygen atoms in total. The molecule has 3 amide bonds. The Morgan fingerprint density at radius 1 is 1.20 bits per heavy atom. The van der Waals surface area contributed by atoms with E-state index in [9.17, 15) is 14.4 Å². The number of amides is 3. The van der Waals surface area contributed by atoms with E-state index < -0.39 is 0 Å². The average molecular weight is 346 g/mol. The van der Waals surface area contributed by atoms with Gasteiger partial charge in [0.05, 0.1) is 6.61 Å². The number of hydrogen-bond donors (Lipinski definition) is 1. The van der Waals surface area contributed by atoms with E-state index in [1.54, 1.807) is 14.0 Å². The lowest BCUT2D eigenvalue weighted by Crippen LogP contribution is -2.31. The van der Waals surface area contributed by atoms with E-state index in [4.69, 9.17) is 4.74 Å². The van der Waals surface area contributed by atoms with Gasteiger partial charge in [0.25, 0.3) is 0 Å². The predicted octanol–water partition coefficient (Wildman–Crippen LogP) is 2.73. The summed E-state index contributed by atoms with van der Waals surface area (Å²) in [6, 6.07) is 7.56. The molecule has 1 saturated heterocycles. The van der Waals surface area contributed by atoms with Crippen molar-refractivity contribution < 1.29 is 19.1 Å². The highest BCUT2D eigenvalue weighted by atomic mass is 16.5. The smallest absolute Gasteiger partial charge is 0.232 e. The maximum atomic E-state index is 11.9. The molecule has 6 heteroatoms. The highest BCUT2D eigenvalue weighted by Crippen LogP contribution is 2.19. The summed E-state index contributed by atoms with van der Waals surface area (Å²) in [5, 5.41) is 2.86. The van der Waals surface area contributed by atoms with Crippen LogP contribution >= 0.6 is 0 Å². The number of carbonyl (C=O) groups is 3. The van der Waals surface area contributed by atoms with Crippen LogP contribution in [0.25, 0.3) is 0 Å². The summed E-state index contributed by atoms with van der Waals surface area (Å²) in [5.74, 6) is -0.359. The summed E-state index contributed by atoms with van der Waals surface area (Å²) in [7, 11) is 1.64. The zero-order chi connectivity index (χ0) is 18.2. The zero-order valence-electron chi connectivity index (χ0n) is 14.9. The van der Waals surface area contributed by atoms with E-state index in [1.807, 2.05) is 24.3 Å². The third kappa shape index (κ3) is 5.67. The van der Waals surface area contributed by atoms with E-state index >= 15 is 0 Å².